The molecule has 2 aromatic heterocycles. The zero-order valence-corrected chi connectivity index (χ0v) is 11.0. The highest BCUT2D eigenvalue weighted by molar-refractivity contribution is 5.61. The van der Waals surface area contributed by atoms with Crippen LogP contribution in [0, 0.1) is 0 Å². The van der Waals surface area contributed by atoms with Gasteiger partial charge in [0.1, 0.15) is 13.2 Å². The third-order valence-electron chi connectivity index (χ3n) is 3.14. The van der Waals surface area contributed by atoms with E-state index in [0.717, 1.165) is 16.9 Å². The minimum atomic E-state index is 0.443. The van der Waals surface area contributed by atoms with Crippen LogP contribution in [0.15, 0.2) is 47.1 Å². The van der Waals surface area contributed by atoms with Crippen molar-refractivity contribution in [3.63, 3.8) is 0 Å². The summed E-state index contributed by atoms with van der Waals surface area (Å²) in [6.45, 7) is 1.11. The van der Waals surface area contributed by atoms with Crippen molar-refractivity contribution in [3.05, 3.63) is 42.7 Å². The average molecular weight is 281 g/mol. The molecule has 21 heavy (non-hydrogen) atoms. The predicted octanol–water partition coefficient (Wildman–Crippen LogP) is 2.57. The molecule has 1 aromatic carbocycles. The smallest absolute Gasteiger partial charge is 0.248 e. The van der Waals surface area contributed by atoms with Gasteiger partial charge in [-0.1, -0.05) is 0 Å². The maximum Gasteiger partial charge on any atom is 0.248 e. The SMILES string of the molecule is c1cc(-c2nnc(-c3ccc4c(c3)OCCO4)o2)ccn1. The number of hydrogen-bond donors (Lipinski definition) is 0. The van der Waals surface area contributed by atoms with E-state index in [-0.39, 0.29) is 0 Å². The highest BCUT2D eigenvalue weighted by Crippen LogP contribution is 2.34. The number of benzene rings is 1. The Morgan fingerprint density at radius 3 is 2.29 bits per heavy atom. The van der Waals surface area contributed by atoms with Crippen molar-refractivity contribution in [1.29, 1.82) is 0 Å². The van der Waals surface area contributed by atoms with Crippen molar-refractivity contribution < 1.29 is 13.9 Å². The molecular weight excluding hydrogens is 270 g/mol. The summed E-state index contributed by atoms with van der Waals surface area (Å²) in [4.78, 5) is 3.96. The first-order valence-electron chi connectivity index (χ1n) is 6.54. The second-order valence-electron chi connectivity index (χ2n) is 4.51. The average Bonchev–Trinajstić information content (AvgIpc) is 3.05. The molecule has 0 bridgehead atoms. The Labute approximate surface area is 120 Å². The number of pyridine rings is 1. The Morgan fingerprint density at radius 2 is 1.48 bits per heavy atom. The fourth-order valence-electron chi connectivity index (χ4n) is 2.13. The summed E-state index contributed by atoms with van der Waals surface area (Å²) in [5, 5.41) is 8.14. The van der Waals surface area contributed by atoms with E-state index in [1.165, 1.54) is 0 Å². The zero-order chi connectivity index (χ0) is 14.1. The lowest BCUT2D eigenvalue weighted by Gasteiger charge is -2.18. The van der Waals surface area contributed by atoms with E-state index in [1.807, 2.05) is 30.3 Å². The molecule has 0 amide bonds. The van der Waals surface area contributed by atoms with E-state index in [1.54, 1.807) is 12.4 Å². The lowest BCUT2D eigenvalue weighted by molar-refractivity contribution is 0.171. The van der Waals surface area contributed by atoms with Crippen LogP contribution < -0.4 is 9.47 Å². The lowest BCUT2D eigenvalue weighted by atomic mass is 10.2. The summed E-state index contributed by atoms with van der Waals surface area (Å²) in [5.41, 5.74) is 1.63. The first-order chi connectivity index (χ1) is 10.4. The quantitative estimate of drug-likeness (QED) is 0.719. The molecule has 3 heterocycles. The normalized spacial score (nSPS) is 13.1. The molecule has 0 saturated heterocycles. The molecule has 1 aliphatic heterocycles. The van der Waals surface area contributed by atoms with E-state index in [2.05, 4.69) is 15.2 Å². The van der Waals surface area contributed by atoms with E-state index in [4.69, 9.17) is 13.9 Å². The Kier molecular flexibility index (Phi) is 2.77. The van der Waals surface area contributed by atoms with E-state index in [9.17, 15) is 0 Å². The van der Waals surface area contributed by atoms with Gasteiger partial charge in [0, 0.05) is 23.5 Å². The van der Waals surface area contributed by atoms with E-state index >= 15 is 0 Å². The molecule has 104 valence electrons. The van der Waals surface area contributed by atoms with Crippen LogP contribution in [0.4, 0.5) is 0 Å². The topological polar surface area (TPSA) is 70.3 Å². The fraction of sp³-hybridized carbons (Fsp3) is 0.133. The van der Waals surface area contributed by atoms with Crippen molar-refractivity contribution in [2.24, 2.45) is 0 Å². The number of hydrogen-bond acceptors (Lipinski definition) is 6. The molecular formula is C15H11N3O3. The van der Waals surface area contributed by atoms with Gasteiger partial charge in [-0.3, -0.25) is 4.98 Å². The number of aromatic nitrogens is 3. The van der Waals surface area contributed by atoms with Gasteiger partial charge in [-0.05, 0) is 30.3 Å². The van der Waals surface area contributed by atoms with Crippen molar-refractivity contribution >= 4 is 0 Å². The van der Waals surface area contributed by atoms with Gasteiger partial charge in [0.05, 0.1) is 0 Å². The van der Waals surface area contributed by atoms with Crippen molar-refractivity contribution in [2.75, 3.05) is 13.2 Å². The molecule has 3 aromatic rings. The first kappa shape index (κ1) is 11.9. The van der Waals surface area contributed by atoms with Gasteiger partial charge in [-0.15, -0.1) is 10.2 Å². The molecule has 0 aliphatic carbocycles. The van der Waals surface area contributed by atoms with Crippen LogP contribution in [0.25, 0.3) is 22.9 Å². The molecule has 4 rings (SSSR count). The molecule has 0 unspecified atom stereocenters. The number of rotatable bonds is 2. The maximum atomic E-state index is 5.70. The highest BCUT2D eigenvalue weighted by atomic mass is 16.6. The minimum Gasteiger partial charge on any atom is -0.486 e. The van der Waals surface area contributed by atoms with Crippen molar-refractivity contribution in [1.82, 2.24) is 15.2 Å². The van der Waals surface area contributed by atoms with Gasteiger partial charge in [-0.2, -0.15) is 0 Å². The van der Waals surface area contributed by atoms with Gasteiger partial charge >= 0.3 is 0 Å². The van der Waals surface area contributed by atoms with Gasteiger partial charge in [0.2, 0.25) is 11.8 Å². The zero-order valence-electron chi connectivity index (χ0n) is 11.0. The largest absolute Gasteiger partial charge is 0.486 e. The maximum absolute atomic E-state index is 5.70. The first-order valence-corrected chi connectivity index (χ1v) is 6.54. The number of fused-ring (bicyclic) bond motifs is 1. The second-order valence-corrected chi connectivity index (χ2v) is 4.51. The van der Waals surface area contributed by atoms with Crippen LogP contribution in [-0.4, -0.2) is 28.4 Å². The van der Waals surface area contributed by atoms with E-state index in [0.29, 0.717) is 30.7 Å². The van der Waals surface area contributed by atoms with Crippen molar-refractivity contribution in [2.45, 2.75) is 0 Å². The van der Waals surface area contributed by atoms with Gasteiger partial charge in [0.15, 0.2) is 11.5 Å². The monoisotopic (exact) mass is 281 g/mol. The summed E-state index contributed by atoms with van der Waals surface area (Å²) < 4.78 is 16.7. The summed E-state index contributed by atoms with van der Waals surface area (Å²) in [6, 6.07) is 9.21. The highest BCUT2D eigenvalue weighted by Gasteiger charge is 2.16. The van der Waals surface area contributed by atoms with Crippen LogP contribution in [0.3, 0.4) is 0 Å². The van der Waals surface area contributed by atoms with Crippen LogP contribution in [0.1, 0.15) is 0 Å². The van der Waals surface area contributed by atoms with Crippen LogP contribution in [0.5, 0.6) is 11.5 Å². The van der Waals surface area contributed by atoms with Gasteiger partial charge in [-0.25, -0.2) is 0 Å². The lowest BCUT2D eigenvalue weighted by Crippen LogP contribution is -2.15. The third-order valence-corrected chi connectivity index (χ3v) is 3.14. The molecule has 0 atom stereocenters. The Morgan fingerprint density at radius 1 is 0.762 bits per heavy atom. The third kappa shape index (κ3) is 2.20. The summed E-state index contributed by atoms with van der Waals surface area (Å²) in [7, 11) is 0. The fourth-order valence-corrected chi connectivity index (χ4v) is 2.13. The molecule has 0 spiro atoms. The molecule has 0 fully saturated rings. The Hall–Kier alpha value is -2.89. The standard InChI is InChI=1S/C15H11N3O3/c1-2-12-13(20-8-7-19-12)9-11(1)15-18-17-14(21-15)10-3-5-16-6-4-10/h1-6,9H,7-8H2. The molecule has 0 N–H and O–H groups in total. The Bertz CT molecular complexity index is 771. The second kappa shape index (κ2) is 4.90. The minimum absolute atomic E-state index is 0.443. The van der Waals surface area contributed by atoms with E-state index < -0.39 is 0 Å². The summed E-state index contributed by atoms with van der Waals surface area (Å²) >= 11 is 0. The number of nitrogens with zero attached hydrogens (tertiary/aromatic N) is 3. The summed E-state index contributed by atoms with van der Waals surface area (Å²) in [6.07, 6.45) is 3.37. The van der Waals surface area contributed by atoms with Gasteiger partial charge in [0.25, 0.3) is 0 Å². The van der Waals surface area contributed by atoms with Crippen LogP contribution in [0.2, 0.25) is 0 Å². The predicted molar refractivity (Wildman–Crippen MR) is 74.0 cm³/mol. The molecule has 0 saturated carbocycles. The van der Waals surface area contributed by atoms with Crippen LogP contribution in [-0.2, 0) is 0 Å². The Balaban J connectivity index is 1.70. The number of ether oxygens (including phenoxy) is 2. The molecule has 1 aliphatic rings. The molecule has 6 nitrogen and oxygen atoms in total. The summed E-state index contributed by atoms with van der Waals surface area (Å²) in [5.74, 6) is 2.34. The molecule has 6 heteroatoms. The molecule has 0 radical (unpaired) electrons. The van der Waals surface area contributed by atoms with Crippen molar-refractivity contribution in [3.8, 4) is 34.4 Å². The van der Waals surface area contributed by atoms with Gasteiger partial charge < -0.3 is 13.9 Å². The van der Waals surface area contributed by atoms with Crippen LogP contribution >= 0.6 is 0 Å².